The van der Waals surface area contributed by atoms with Gasteiger partial charge in [0.2, 0.25) is 0 Å². The van der Waals surface area contributed by atoms with Crippen LogP contribution in [0.15, 0.2) is 12.1 Å². The van der Waals surface area contributed by atoms with Crippen molar-refractivity contribution in [2.75, 3.05) is 0 Å². The average Bonchev–Trinajstić information content (AvgIpc) is 2.25. The zero-order valence-corrected chi connectivity index (χ0v) is 8.49. The Hall–Kier alpha value is -2.63. The van der Waals surface area contributed by atoms with E-state index in [1.807, 2.05) is 0 Å². The Morgan fingerprint density at radius 2 is 2.00 bits per heavy atom. The summed E-state index contributed by atoms with van der Waals surface area (Å²) < 4.78 is 38.2. The van der Waals surface area contributed by atoms with Gasteiger partial charge in [0.25, 0.3) is 11.6 Å². The summed E-state index contributed by atoms with van der Waals surface area (Å²) in [6, 6.07) is 2.46. The second-order valence-electron chi connectivity index (χ2n) is 3.11. The van der Waals surface area contributed by atoms with Crippen LogP contribution in [0.1, 0.15) is 21.5 Å². The fraction of sp³-hybridized carbons (Fsp3) is 0.111. The number of halogens is 3. The molecule has 0 aliphatic rings. The van der Waals surface area contributed by atoms with Gasteiger partial charge in [-0.3, -0.25) is 14.9 Å². The summed E-state index contributed by atoms with van der Waals surface area (Å²) >= 11 is 0. The number of amides is 1. The maximum Gasteiger partial charge on any atom is 0.418 e. The number of alkyl halides is 3. The van der Waals surface area contributed by atoms with Crippen LogP contribution in [-0.4, -0.2) is 10.8 Å². The van der Waals surface area contributed by atoms with Crippen LogP contribution in [0, 0.1) is 21.4 Å². The fourth-order valence-corrected chi connectivity index (χ4v) is 1.38. The molecule has 9 heteroatoms. The van der Waals surface area contributed by atoms with E-state index >= 15 is 0 Å². The molecule has 1 aromatic carbocycles. The van der Waals surface area contributed by atoms with Crippen molar-refractivity contribution in [3.63, 3.8) is 0 Å². The number of carbonyl (C=O) groups is 1. The topological polar surface area (TPSA) is 110 Å². The third-order valence-electron chi connectivity index (χ3n) is 2.03. The molecule has 0 aliphatic heterocycles. The molecule has 0 atom stereocenters. The fourth-order valence-electron chi connectivity index (χ4n) is 1.38. The monoisotopic (exact) mass is 259 g/mol. The average molecular weight is 259 g/mol. The molecule has 1 rings (SSSR count). The number of benzene rings is 1. The Balaban J connectivity index is 3.84. The highest BCUT2D eigenvalue weighted by molar-refractivity contribution is 5.99. The molecule has 0 heterocycles. The number of nitrogens with zero attached hydrogens (tertiary/aromatic N) is 2. The van der Waals surface area contributed by atoms with Crippen molar-refractivity contribution < 1.29 is 22.9 Å². The van der Waals surface area contributed by atoms with E-state index in [-0.39, 0.29) is 0 Å². The minimum atomic E-state index is -5.10. The summed E-state index contributed by atoms with van der Waals surface area (Å²) in [5.74, 6) is -1.62. The first-order valence-corrected chi connectivity index (χ1v) is 4.28. The summed E-state index contributed by atoms with van der Waals surface area (Å²) in [5.41, 5.74) is -0.271. The molecule has 1 amide bonds. The van der Waals surface area contributed by atoms with Crippen LogP contribution in [-0.2, 0) is 6.18 Å². The van der Waals surface area contributed by atoms with Gasteiger partial charge in [0.05, 0.1) is 22.1 Å². The Labute approximate surface area is 97.6 Å². The lowest BCUT2D eigenvalue weighted by atomic mass is 9.98. The summed E-state index contributed by atoms with van der Waals surface area (Å²) in [5, 5.41) is 19.1. The summed E-state index contributed by atoms with van der Waals surface area (Å²) in [4.78, 5) is 20.4. The standard InChI is InChI=1S/C9H4F3N3O3/c10-9(11,12)7-4(3-13)1-2-5(15(17)18)6(7)8(14)16/h1-2H,(H2,14,16). The van der Waals surface area contributed by atoms with Crippen LogP contribution in [0.4, 0.5) is 18.9 Å². The van der Waals surface area contributed by atoms with E-state index in [0.717, 1.165) is 0 Å². The third kappa shape index (κ3) is 2.22. The van der Waals surface area contributed by atoms with Crippen molar-refractivity contribution in [1.82, 2.24) is 0 Å². The molecule has 0 fully saturated rings. The lowest BCUT2D eigenvalue weighted by molar-refractivity contribution is -0.385. The number of nitro groups is 1. The minimum absolute atomic E-state index is 0.618. The predicted octanol–water partition coefficient (Wildman–Crippen LogP) is 1.58. The largest absolute Gasteiger partial charge is 0.418 e. The third-order valence-corrected chi connectivity index (χ3v) is 2.03. The van der Waals surface area contributed by atoms with Gasteiger partial charge >= 0.3 is 6.18 Å². The van der Waals surface area contributed by atoms with Gasteiger partial charge < -0.3 is 5.73 Å². The van der Waals surface area contributed by atoms with Crippen LogP contribution in [0.25, 0.3) is 0 Å². The number of nitro benzene ring substituents is 1. The first kappa shape index (κ1) is 13.4. The van der Waals surface area contributed by atoms with Gasteiger partial charge in [0.15, 0.2) is 0 Å². The molecule has 0 aromatic heterocycles. The van der Waals surface area contributed by atoms with Crippen LogP contribution in [0.3, 0.4) is 0 Å². The number of primary amides is 1. The Bertz CT molecular complexity index is 575. The van der Waals surface area contributed by atoms with E-state index in [9.17, 15) is 28.1 Å². The highest BCUT2D eigenvalue weighted by Gasteiger charge is 2.41. The van der Waals surface area contributed by atoms with Crippen molar-refractivity contribution in [2.24, 2.45) is 5.73 Å². The molecule has 6 nitrogen and oxygen atoms in total. The lowest BCUT2D eigenvalue weighted by Crippen LogP contribution is -2.22. The molecule has 18 heavy (non-hydrogen) atoms. The molecule has 0 aliphatic carbocycles. The SMILES string of the molecule is N#Cc1ccc([N+](=O)[O-])c(C(N)=O)c1C(F)(F)F. The molecule has 0 radical (unpaired) electrons. The number of nitriles is 1. The van der Waals surface area contributed by atoms with Crippen molar-refractivity contribution in [1.29, 1.82) is 5.26 Å². The smallest absolute Gasteiger partial charge is 0.365 e. The zero-order chi connectivity index (χ0) is 14.1. The number of rotatable bonds is 2. The lowest BCUT2D eigenvalue weighted by Gasteiger charge is -2.12. The van der Waals surface area contributed by atoms with Crippen LogP contribution in [0.2, 0.25) is 0 Å². The highest BCUT2D eigenvalue weighted by Crippen LogP contribution is 2.38. The van der Waals surface area contributed by atoms with Crippen LogP contribution >= 0.6 is 0 Å². The predicted molar refractivity (Wildman–Crippen MR) is 51.3 cm³/mol. The summed E-state index contributed by atoms with van der Waals surface area (Å²) in [6.07, 6.45) is -5.10. The van der Waals surface area contributed by atoms with Crippen molar-refractivity contribution in [3.8, 4) is 6.07 Å². The molecule has 94 valence electrons. The highest BCUT2D eigenvalue weighted by atomic mass is 19.4. The molecule has 1 aromatic rings. The molecular weight excluding hydrogens is 255 g/mol. The number of hydrogen-bond donors (Lipinski definition) is 1. The molecule has 0 bridgehead atoms. The molecule has 2 N–H and O–H groups in total. The maximum atomic E-state index is 12.7. The van der Waals surface area contributed by atoms with E-state index in [2.05, 4.69) is 0 Å². The number of carbonyl (C=O) groups excluding carboxylic acids is 1. The van der Waals surface area contributed by atoms with Gasteiger partial charge in [-0.25, -0.2) is 0 Å². The van der Waals surface area contributed by atoms with Gasteiger partial charge in [-0.2, -0.15) is 18.4 Å². The first-order chi connectivity index (χ1) is 8.20. The Morgan fingerprint density at radius 1 is 1.44 bits per heavy atom. The number of nitrogens with two attached hydrogens (primary N) is 1. The number of hydrogen-bond acceptors (Lipinski definition) is 4. The quantitative estimate of drug-likeness (QED) is 0.642. The molecular formula is C9H4F3N3O3. The second kappa shape index (κ2) is 4.33. The normalized spacial score (nSPS) is 10.8. The van der Waals surface area contributed by atoms with E-state index in [0.29, 0.717) is 12.1 Å². The van der Waals surface area contributed by atoms with E-state index < -0.39 is 39.4 Å². The van der Waals surface area contributed by atoms with Gasteiger partial charge in [-0.05, 0) is 6.07 Å². The van der Waals surface area contributed by atoms with Crippen molar-refractivity contribution in [3.05, 3.63) is 38.9 Å². The molecule has 0 spiro atoms. The van der Waals surface area contributed by atoms with Crippen LogP contribution < -0.4 is 5.73 Å². The Kier molecular flexibility index (Phi) is 3.23. The van der Waals surface area contributed by atoms with Crippen molar-refractivity contribution >= 4 is 11.6 Å². The Morgan fingerprint density at radius 3 is 2.33 bits per heavy atom. The molecule has 0 saturated heterocycles. The van der Waals surface area contributed by atoms with Crippen molar-refractivity contribution in [2.45, 2.75) is 6.18 Å². The summed E-state index contributed by atoms with van der Waals surface area (Å²) in [7, 11) is 0. The van der Waals surface area contributed by atoms with Gasteiger partial charge in [-0.1, -0.05) is 0 Å². The van der Waals surface area contributed by atoms with Crippen LogP contribution in [0.5, 0.6) is 0 Å². The first-order valence-electron chi connectivity index (χ1n) is 4.28. The van der Waals surface area contributed by atoms with E-state index in [1.54, 1.807) is 0 Å². The molecule has 0 saturated carbocycles. The van der Waals surface area contributed by atoms with Gasteiger partial charge in [0.1, 0.15) is 5.56 Å². The van der Waals surface area contributed by atoms with Gasteiger partial charge in [-0.15, -0.1) is 0 Å². The maximum absolute atomic E-state index is 12.7. The zero-order valence-electron chi connectivity index (χ0n) is 8.49. The van der Waals surface area contributed by atoms with E-state index in [1.165, 1.54) is 6.07 Å². The van der Waals surface area contributed by atoms with E-state index in [4.69, 9.17) is 11.0 Å². The minimum Gasteiger partial charge on any atom is -0.365 e. The second-order valence-corrected chi connectivity index (χ2v) is 3.11. The van der Waals surface area contributed by atoms with Gasteiger partial charge in [0, 0.05) is 6.07 Å². The molecule has 0 unspecified atom stereocenters. The summed E-state index contributed by atoms with van der Waals surface area (Å²) in [6.45, 7) is 0.